The third kappa shape index (κ3) is 29.7. The van der Waals surface area contributed by atoms with E-state index in [-0.39, 0.29) is 19.6 Å². The lowest BCUT2D eigenvalue weighted by molar-refractivity contribution is -0.301. The van der Waals surface area contributed by atoms with Crippen molar-refractivity contribution in [3.63, 3.8) is 0 Å². The van der Waals surface area contributed by atoms with Gasteiger partial charge in [0.05, 0.1) is 26.2 Å². The molecular weight excluding hydrogens is 765 g/mol. The second-order valence-corrected chi connectivity index (χ2v) is 15.6. The maximum atomic E-state index is 12.8. The van der Waals surface area contributed by atoms with E-state index >= 15 is 0 Å². The van der Waals surface area contributed by atoms with Gasteiger partial charge in [-0.1, -0.05) is 145 Å². The molecule has 1 rings (SSSR count). The highest BCUT2D eigenvalue weighted by Crippen LogP contribution is 2.26. The highest BCUT2D eigenvalue weighted by molar-refractivity contribution is 7.80. The minimum atomic E-state index is -5.08. The average Bonchev–Trinajstić information content (AvgIpc) is 3.19. The Bertz CT molecular complexity index is 1290. The van der Waals surface area contributed by atoms with Gasteiger partial charge in [-0.2, -0.15) is 8.42 Å². The molecule has 1 aliphatic rings. The standard InChI is InChI=1S/C45H76O12S/c1-3-5-7-9-11-13-15-17-19-21-23-25-27-29-31-33-35-53-37-39(38-54-45-43(49)44(57-58(50,51)52)42(48)40(36-46)56-45)55-41(47)34-32-30-28-26-24-22-20-18-16-14-12-10-8-6-4-2/h6,8,12,14,17-20,24,26,30,32,39-40,42-46,48-49H,3-5,7,9-11,13,15-16,21-23,25,27-29,31,33-38H2,1-2H3,(H,50,51,52)/b8-6-,14-12-,19-17-,20-18-,26-24-,32-30-. The highest BCUT2D eigenvalue weighted by Gasteiger charge is 2.48. The summed E-state index contributed by atoms with van der Waals surface area (Å²) in [5.41, 5.74) is 0. The Hall–Kier alpha value is -2.46. The molecule has 0 aromatic heterocycles. The van der Waals surface area contributed by atoms with E-state index in [0.29, 0.717) is 13.0 Å². The normalized spacial score (nSPS) is 21.2. The fraction of sp³-hybridized carbons (Fsp3) is 0.711. The summed E-state index contributed by atoms with van der Waals surface area (Å²) in [6.45, 7) is 3.71. The fourth-order valence-electron chi connectivity index (χ4n) is 6.09. The van der Waals surface area contributed by atoms with Crippen LogP contribution in [0.25, 0.3) is 0 Å². The van der Waals surface area contributed by atoms with Gasteiger partial charge in [-0.3, -0.25) is 9.35 Å². The zero-order valence-electron chi connectivity index (χ0n) is 35.3. The van der Waals surface area contributed by atoms with E-state index in [2.05, 4.69) is 72.7 Å². The van der Waals surface area contributed by atoms with Crippen LogP contribution >= 0.6 is 0 Å². The molecule has 0 bridgehead atoms. The summed E-state index contributed by atoms with van der Waals surface area (Å²) in [7, 11) is -5.08. The predicted octanol–water partition coefficient (Wildman–Crippen LogP) is 8.74. The van der Waals surface area contributed by atoms with Crippen LogP contribution in [0.15, 0.2) is 72.9 Å². The predicted molar refractivity (Wildman–Crippen MR) is 229 cm³/mol. The Kier molecular flexibility index (Phi) is 33.6. The lowest BCUT2D eigenvalue weighted by Crippen LogP contribution is -2.60. The minimum Gasteiger partial charge on any atom is -0.457 e. The second kappa shape index (κ2) is 36.4. The average molecular weight is 841 g/mol. The summed E-state index contributed by atoms with van der Waals surface area (Å²) in [5.74, 6) is -0.530. The van der Waals surface area contributed by atoms with Gasteiger partial charge in [0.25, 0.3) is 0 Å². The number of carbonyl (C=O) groups is 1. The highest BCUT2D eigenvalue weighted by atomic mass is 32.3. The van der Waals surface area contributed by atoms with Gasteiger partial charge in [-0.05, 0) is 64.2 Å². The molecule has 1 saturated heterocycles. The molecule has 4 N–H and O–H groups in total. The topological polar surface area (TPSA) is 178 Å². The van der Waals surface area contributed by atoms with Crippen molar-refractivity contribution in [1.82, 2.24) is 0 Å². The number of rotatable bonds is 36. The summed E-state index contributed by atoms with van der Waals surface area (Å²) >= 11 is 0. The number of ether oxygens (including phenoxy) is 4. The molecule has 0 amide bonds. The van der Waals surface area contributed by atoms with Gasteiger partial charge in [0, 0.05) is 6.61 Å². The zero-order chi connectivity index (χ0) is 42.5. The quantitative estimate of drug-likeness (QED) is 0.0204. The number of hydrogen-bond acceptors (Lipinski definition) is 11. The molecule has 1 heterocycles. The van der Waals surface area contributed by atoms with E-state index in [4.69, 9.17) is 23.5 Å². The van der Waals surface area contributed by atoms with Crippen LogP contribution in [0.1, 0.15) is 142 Å². The van der Waals surface area contributed by atoms with E-state index < -0.39 is 59.8 Å². The molecule has 58 heavy (non-hydrogen) atoms. The molecule has 6 unspecified atom stereocenters. The van der Waals surface area contributed by atoms with Crippen molar-refractivity contribution in [2.45, 2.75) is 179 Å². The van der Waals surface area contributed by atoms with Crippen molar-refractivity contribution >= 4 is 16.4 Å². The first-order valence-electron chi connectivity index (χ1n) is 21.7. The summed E-state index contributed by atoms with van der Waals surface area (Å²) in [6, 6.07) is 0. The van der Waals surface area contributed by atoms with Crippen LogP contribution in [0, 0.1) is 0 Å². The van der Waals surface area contributed by atoms with E-state index in [1.807, 2.05) is 12.2 Å². The molecule has 1 fully saturated rings. The Morgan fingerprint density at radius 1 is 0.672 bits per heavy atom. The van der Waals surface area contributed by atoms with Gasteiger partial charge in [0.1, 0.15) is 30.5 Å². The van der Waals surface area contributed by atoms with E-state index in [1.165, 1.54) is 57.8 Å². The third-order valence-electron chi connectivity index (χ3n) is 9.35. The molecule has 1 aliphatic heterocycles. The number of carbonyl (C=O) groups excluding carboxylic acids is 1. The van der Waals surface area contributed by atoms with E-state index in [1.54, 1.807) is 6.08 Å². The number of unbranched alkanes of at least 4 members (excludes halogenated alkanes) is 12. The summed E-state index contributed by atoms with van der Waals surface area (Å²) in [6.07, 6.45) is 36.8. The molecule has 334 valence electrons. The van der Waals surface area contributed by atoms with Gasteiger partial charge in [0.2, 0.25) is 0 Å². The first kappa shape index (κ1) is 53.6. The molecular formula is C45H76O12S. The number of aliphatic hydroxyl groups is 3. The van der Waals surface area contributed by atoms with Gasteiger partial charge in [0.15, 0.2) is 6.29 Å². The fourth-order valence-corrected chi connectivity index (χ4v) is 6.60. The SMILES string of the molecule is CC/C=C\C/C=C\C/C=C\C/C=C\C/C=C\CC(=O)OC(COCCCCCCCC/C=C\CCCCCCCC)COC1OC(CO)C(O)C(OS(=O)(=O)O)C1O. The van der Waals surface area contributed by atoms with E-state index in [9.17, 15) is 28.5 Å². The van der Waals surface area contributed by atoms with Crippen molar-refractivity contribution in [2.75, 3.05) is 26.4 Å². The maximum absolute atomic E-state index is 12.8. The van der Waals surface area contributed by atoms with Crippen molar-refractivity contribution in [2.24, 2.45) is 0 Å². The smallest absolute Gasteiger partial charge is 0.397 e. The van der Waals surface area contributed by atoms with Gasteiger partial charge < -0.3 is 34.3 Å². The first-order chi connectivity index (χ1) is 28.1. The van der Waals surface area contributed by atoms with Crippen LogP contribution in [-0.4, -0.2) is 97.5 Å². The summed E-state index contributed by atoms with van der Waals surface area (Å²) < 4.78 is 58.8. The molecule has 0 radical (unpaired) electrons. The van der Waals surface area contributed by atoms with Crippen molar-refractivity contribution in [1.29, 1.82) is 0 Å². The number of aliphatic hydroxyl groups excluding tert-OH is 3. The van der Waals surface area contributed by atoms with E-state index in [0.717, 1.165) is 57.8 Å². The van der Waals surface area contributed by atoms with Crippen molar-refractivity contribution in [3.05, 3.63) is 72.9 Å². The molecule has 0 aliphatic carbocycles. The Labute approximate surface area is 350 Å². The molecule has 0 spiro atoms. The summed E-state index contributed by atoms with van der Waals surface area (Å²) in [5, 5.41) is 30.6. The molecule has 0 aromatic rings. The molecule has 13 heteroatoms. The Balaban J connectivity index is 2.53. The monoisotopic (exact) mass is 841 g/mol. The lowest BCUT2D eigenvalue weighted by atomic mass is 9.99. The summed E-state index contributed by atoms with van der Waals surface area (Å²) in [4.78, 5) is 12.8. The minimum absolute atomic E-state index is 0.00451. The van der Waals surface area contributed by atoms with Crippen LogP contribution < -0.4 is 0 Å². The number of hydrogen-bond donors (Lipinski definition) is 4. The van der Waals surface area contributed by atoms with Crippen LogP contribution in [0.5, 0.6) is 0 Å². The van der Waals surface area contributed by atoms with Gasteiger partial charge in [-0.25, -0.2) is 4.18 Å². The first-order valence-corrected chi connectivity index (χ1v) is 23.1. The van der Waals surface area contributed by atoms with Crippen LogP contribution in [0.2, 0.25) is 0 Å². The van der Waals surface area contributed by atoms with Crippen molar-refractivity contribution in [3.8, 4) is 0 Å². The van der Waals surface area contributed by atoms with Gasteiger partial charge in [-0.15, -0.1) is 0 Å². The maximum Gasteiger partial charge on any atom is 0.397 e. The second-order valence-electron chi connectivity index (χ2n) is 14.6. The zero-order valence-corrected chi connectivity index (χ0v) is 36.1. The number of esters is 1. The van der Waals surface area contributed by atoms with Crippen LogP contribution in [0.4, 0.5) is 0 Å². The van der Waals surface area contributed by atoms with Crippen LogP contribution in [-0.2, 0) is 38.3 Å². The number of allylic oxidation sites excluding steroid dienone is 11. The van der Waals surface area contributed by atoms with Gasteiger partial charge >= 0.3 is 16.4 Å². The molecule has 6 atom stereocenters. The largest absolute Gasteiger partial charge is 0.457 e. The third-order valence-corrected chi connectivity index (χ3v) is 9.81. The Morgan fingerprint density at radius 3 is 1.72 bits per heavy atom. The molecule has 0 saturated carbocycles. The molecule has 12 nitrogen and oxygen atoms in total. The lowest BCUT2D eigenvalue weighted by Gasteiger charge is -2.41. The molecule has 0 aromatic carbocycles. The Morgan fingerprint density at radius 2 is 1.19 bits per heavy atom. The van der Waals surface area contributed by atoms with Crippen LogP contribution in [0.3, 0.4) is 0 Å². The van der Waals surface area contributed by atoms with Crippen molar-refractivity contribution < 1.29 is 56.2 Å².